The van der Waals surface area contributed by atoms with Gasteiger partial charge in [0.2, 0.25) is 5.91 Å². The Morgan fingerprint density at radius 3 is 2.61 bits per heavy atom. The molecule has 6 heteroatoms. The number of hydrogen-bond acceptors (Lipinski definition) is 4. The van der Waals surface area contributed by atoms with Gasteiger partial charge in [-0.2, -0.15) is 0 Å². The molecule has 154 valence electrons. The molecule has 3 rings (SSSR count). The van der Waals surface area contributed by atoms with E-state index in [-0.39, 0.29) is 23.8 Å². The van der Waals surface area contributed by atoms with Crippen molar-refractivity contribution in [2.75, 3.05) is 36.5 Å². The standard InChI is InChI=1S/C22H33N3O3/c1-15(2)21(26)24-17-6-7-20(25-10-8-16(3)9-11-25)19(13-17)22(27)23-14-18-5-4-12-28-18/h6-7,13,15-16,18H,4-5,8-12,14H2,1-3H3,(H,23,27)(H,24,26). The Bertz CT molecular complexity index is 690. The van der Waals surface area contributed by atoms with E-state index in [9.17, 15) is 9.59 Å². The monoisotopic (exact) mass is 387 g/mol. The topological polar surface area (TPSA) is 70.7 Å². The van der Waals surface area contributed by atoms with E-state index in [1.165, 1.54) is 0 Å². The molecule has 2 saturated heterocycles. The van der Waals surface area contributed by atoms with Crippen molar-refractivity contribution in [2.24, 2.45) is 11.8 Å². The van der Waals surface area contributed by atoms with E-state index in [0.29, 0.717) is 17.8 Å². The predicted octanol–water partition coefficient (Wildman–Crippen LogP) is 3.43. The van der Waals surface area contributed by atoms with Crippen molar-refractivity contribution in [3.8, 4) is 0 Å². The molecule has 0 bridgehead atoms. The predicted molar refractivity (Wildman–Crippen MR) is 112 cm³/mol. The van der Waals surface area contributed by atoms with Crippen LogP contribution in [0.2, 0.25) is 0 Å². The minimum Gasteiger partial charge on any atom is -0.376 e. The molecule has 6 nitrogen and oxygen atoms in total. The number of benzene rings is 1. The number of piperidine rings is 1. The van der Waals surface area contributed by atoms with E-state index in [1.54, 1.807) is 6.07 Å². The van der Waals surface area contributed by atoms with E-state index in [2.05, 4.69) is 22.5 Å². The largest absolute Gasteiger partial charge is 0.376 e. The molecule has 2 fully saturated rings. The van der Waals surface area contributed by atoms with Crippen LogP contribution in [0.3, 0.4) is 0 Å². The average Bonchev–Trinajstić information content (AvgIpc) is 3.20. The number of amides is 2. The maximum atomic E-state index is 13.0. The number of carbonyl (C=O) groups excluding carboxylic acids is 2. The molecule has 1 aromatic rings. The van der Waals surface area contributed by atoms with Gasteiger partial charge in [-0.25, -0.2) is 0 Å². The van der Waals surface area contributed by atoms with Gasteiger partial charge in [0.25, 0.3) is 5.91 Å². The highest BCUT2D eigenvalue weighted by molar-refractivity contribution is 6.02. The third kappa shape index (κ3) is 5.25. The normalized spacial score (nSPS) is 20.4. The fraction of sp³-hybridized carbons (Fsp3) is 0.636. The highest BCUT2D eigenvalue weighted by Gasteiger charge is 2.23. The first-order valence-electron chi connectivity index (χ1n) is 10.5. The molecule has 2 heterocycles. The van der Waals surface area contributed by atoms with E-state index in [1.807, 2.05) is 26.0 Å². The van der Waals surface area contributed by atoms with Crippen LogP contribution in [0.15, 0.2) is 18.2 Å². The van der Waals surface area contributed by atoms with E-state index in [0.717, 1.165) is 57.0 Å². The lowest BCUT2D eigenvalue weighted by Crippen LogP contribution is -2.36. The van der Waals surface area contributed by atoms with Crippen molar-refractivity contribution in [1.29, 1.82) is 0 Å². The second-order valence-corrected chi connectivity index (χ2v) is 8.39. The zero-order chi connectivity index (χ0) is 20.1. The summed E-state index contributed by atoms with van der Waals surface area (Å²) in [4.78, 5) is 27.4. The van der Waals surface area contributed by atoms with Crippen molar-refractivity contribution >= 4 is 23.2 Å². The zero-order valence-electron chi connectivity index (χ0n) is 17.3. The van der Waals surface area contributed by atoms with Crippen LogP contribution >= 0.6 is 0 Å². The molecule has 0 aromatic heterocycles. The van der Waals surface area contributed by atoms with Crippen LogP contribution < -0.4 is 15.5 Å². The SMILES string of the molecule is CC1CCN(c2ccc(NC(=O)C(C)C)cc2C(=O)NCC2CCCO2)CC1. The van der Waals surface area contributed by atoms with Crippen LogP contribution in [0.5, 0.6) is 0 Å². The number of rotatable bonds is 6. The van der Waals surface area contributed by atoms with Crippen LogP contribution in [0.1, 0.15) is 56.8 Å². The summed E-state index contributed by atoms with van der Waals surface area (Å²) in [5, 5.41) is 5.94. The lowest BCUT2D eigenvalue weighted by molar-refractivity contribution is -0.118. The summed E-state index contributed by atoms with van der Waals surface area (Å²) < 4.78 is 5.62. The van der Waals surface area contributed by atoms with Crippen LogP contribution in [-0.4, -0.2) is 44.2 Å². The number of carbonyl (C=O) groups is 2. The minimum absolute atomic E-state index is 0.0507. The molecule has 2 aliphatic rings. The minimum atomic E-state index is -0.111. The fourth-order valence-corrected chi connectivity index (χ4v) is 3.71. The van der Waals surface area contributed by atoms with Gasteiger partial charge in [0.05, 0.1) is 11.7 Å². The summed E-state index contributed by atoms with van der Waals surface area (Å²) in [6.07, 6.45) is 4.40. The summed E-state index contributed by atoms with van der Waals surface area (Å²) in [6.45, 7) is 9.18. The van der Waals surface area contributed by atoms with E-state index >= 15 is 0 Å². The third-order valence-electron chi connectivity index (χ3n) is 5.67. The Morgan fingerprint density at radius 2 is 1.96 bits per heavy atom. The van der Waals surface area contributed by atoms with Gasteiger partial charge in [-0.15, -0.1) is 0 Å². The summed E-state index contributed by atoms with van der Waals surface area (Å²) in [5.41, 5.74) is 2.23. The van der Waals surface area contributed by atoms with Crippen LogP contribution in [0, 0.1) is 11.8 Å². The van der Waals surface area contributed by atoms with Gasteiger partial charge in [-0.05, 0) is 49.8 Å². The molecule has 1 unspecified atom stereocenters. The Kier molecular flexibility index (Phi) is 6.94. The van der Waals surface area contributed by atoms with Crippen molar-refractivity contribution in [2.45, 2.75) is 52.6 Å². The molecule has 0 radical (unpaired) electrons. The van der Waals surface area contributed by atoms with Crippen molar-refractivity contribution in [3.05, 3.63) is 23.8 Å². The smallest absolute Gasteiger partial charge is 0.253 e. The lowest BCUT2D eigenvalue weighted by atomic mass is 9.97. The number of ether oxygens (including phenoxy) is 1. The van der Waals surface area contributed by atoms with Crippen LogP contribution in [0.4, 0.5) is 11.4 Å². The van der Waals surface area contributed by atoms with Crippen molar-refractivity contribution in [1.82, 2.24) is 5.32 Å². The van der Waals surface area contributed by atoms with E-state index < -0.39 is 0 Å². The van der Waals surface area contributed by atoms with Crippen molar-refractivity contribution in [3.63, 3.8) is 0 Å². The summed E-state index contributed by atoms with van der Waals surface area (Å²) in [5.74, 6) is 0.452. The molecular weight excluding hydrogens is 354 g/mol. The average molecular weight is 388 g/mol. The summed E-state index contributed by atoms with van der Waals surface area (Å²) >= 11 is 0. The highest BCUT2D eigenvalue weighted by atomic mass is 16.5. The number of nitrogens with one attached hydrogen (secondary N) is 2. The van der Waals surface area contributed by atoms with Gasteiger partial charge in [-0.3, -0.25) is 9.59 Å². The molecule has 0 aliphatic carbocycles. The first-order chi connectivity index (χ1) is 13.4. The maximum absolute atomic E-state index is 13.0. The molecular formula is C22H33N3O3. The van der Waals surface area contributed by atoms with Crippen LogP contribution in [0.25, 0.3) is 0 Å². The molecule has 1 atom stereocenters. The first-order valence-corrected chi connectivity index (χ1v) is 10.5. The molecule has 1 aromatic carbocycles. The van der Waals surface area contributed by atoms with Gasteiger partial charge >= 0.3 is 0 Å². The first kappa shape index (κ1) is 20.6. The Morgan fingerprint density at radius 1 is 1.21 bits per heavy atom. The lowest BCUT2D eigenvalue weighted by Gasteiger charge is -2.33. The van der Waals surface area contributed by atoms with Gasteiger partial charge in [0, 0.05) is 43.5 Å². The highest BCUT2D eigenvalue weighted by Crippen LogP contribution is 2.29. The molecule has 28 heavy (non-hydrogen) atoms. The zero-order valence-corrected chi connectivity index (χ0v) is 17.3. The molecule has 2 amide bonds. The van der Waals surface area contributed by atoms with Gasteiger partial charge < -0.3 is 20.3 Å². The Balaban J connectivity index is 1.78. The quantitative estimate of drug-likeness (QED) is 0.785. The third-order valence-corrected chi connectivity index (χ3v) is 5.67. The maximum Gasteiger partial charge on any atom is 0.253 e. The van der Waals surface area contributed by atoms with Crippen LogP contribution in [-0.2, 0) is 9.53 Å². The fourth-order valence-electron chi connectivity index (χ4n) is 3.71. The van der Waals surface area contributed by atoms with Crippen molar-refractivity contribution < 1.29 is 14.3 Å². The summed E-state index contributed by atoms with van der Waals surface area (Å²) in [6, 6.07) is 5.66. The Hall–Kier alpha value is -2.08. The second-order valence-electron chi connectivity index (χ2n) is 8.39. The molecule has 0 spiro atoms. The van der Waals surface area contributed by atoms with Gasteiger partial charge in [0.15, 0.2) is 0 Å². The Labute approximate surface area is 168 Å². The van der Waals surface area contributed by atoms with Gasteiger partial charge in [-0.1, -0.05) is 20.8 Å². The second kappa shape index (κ2) is 9.41. The van der Waals surface area contributed by atoms with E-state index in [4.69, 9.17) is 4.74 Å². The number of nitrogens with zero attached hydrogens (tertiary/aromatic N) is 1. The van der Waals surface area contributed by atoms with Gasteiger partial charge in [0.1, 0.15) is 0 Å². The molecule has 2 N–H and O–H groups in total. The number of anilines is 2. The number of hydrogen-bond donors (Lipinski definition) is 2. The summed E-state index contributed by atoms with van der Waals surface area (Å²) in [7, 11) is 0. The molecule has 2 aliphatic heterocycles. The molecule has 0 saturated carbocycles.